The summed E-state index contributed by atoms with van der Waals surface area (Å²) in [4.78, 5) is 25.3. The summed E-state index contributed by atoms with van der Waals surface area (Å²) in [7, 11) is -3.08. The average Bonchev–Trinajstić information content (AvgIpc) is 2.46. The van der Waals surface area contributed by atoms with Crippen LogP contribution < -0.4 is 5.32 Å². The normalized spacial score (nSPS) is 16.2. The van der Waals surface area contributed by atoms with Crippen molar-refractivity contribution in [2.24, 2.45) is 0 Å². The summed E-state index contributed by atoms with van der Waals surface area (Å²) in [6.07, 6.45) is 2.68. The van der Waals surface area contributed by atoms with Crippen molar-refractivity contribution in [3.05, 3.63) is 35.4 Å². The highest BCUT2D eigenvalue weighted by Crippen LogP contribution is 2.12. The van der Waals surface area contributed by atoms with E-state index in [0.717, 1.165) is 12.8 Å². The Labute approximate surface area is 136 Å². The van der Waals surface area contributed by atoms with Gasteiger partial charge >= 0.3 is 0 Å². The third-order valence-corrected chi connectivity index (χ3v) is 4.78. The SMILES string of the molecule is CC(=O)N1CCC(NC(=O)c2ccc(CS(C)(=O)=O)cc2)CC1. The van der Waals surface area contributed by atoms with Crippen molar-refractivity contribution in [1.29, 1.82) is 0 Å². The van der Waals surface area contributed by atoms with Crippen LogP contribution in [0, 0.1) is 0 Å². The van der Waals surface area contributed by atoms with Gasteiger partial charge in [-0.1, -0.05) is 12.1 Å². The molecule has 6 nitrogen and oxygen atoms in total. The van der Waals surface area contributed by atoms with E-state index in [1.54, 1.807) is 36.1 Å². The molecule has 0 bridgehead atoms. The highest BCUT2D eigenvalue weighted by atomic mass is 32.2. The van der Waals surface area contributed by atoms with Gasteiger partial charge in [0.15, 0.2) is 9.84 Å². The minimum Gasteiger partial charge on any atom is -0.349 e. The number of rotatable bonds is 4. The van der Waals surface area contributed by atoms with Crippen molar-refractivity contribution in [2.75, 3.05) is 19.3 Å². The minimum absolute atomic E-state index is 0.0294. The van der Waals surface area contributed by atoms with Crippen LogP contribution in [0.1, 0.15) is 35.7 Å². The molecule has 126 valence electrons. The lowest BCUT2D eigenvalue weighted by molar-refractivity contribution is -0.129. The van der Waals surface area contributed by atoms with Crippen LogP contribution in [-0.2, 0) is 20.4 Å². The molecule has 1 aromatic rings. The Kier molecular flexibility index (Phi) is 5.41. The molecule has 1 fully saturated rings. The standard InChI is InChI=1S/C16H22N2O4S/c1-12(19)18-9-7-15(8-10-18)17-16(20)14-5-3-13(4-6-14)11-23(2,21)22/h3-6,15H,7-11H2,1-2H3,(H,17,20). The molecular weight excluding hydrogens is 316 g/mol. The minimum atomic E-state index is -3.08. The molecule has 1 aromatic carbocycles. The van der Waals surface area contributed by atoms with Crippen LogP contribution in [0.15, 0.2) is 24.3 Å². The number of benzene rings is 1. The topological polar surface area (TPSA) is 83.6 Å². The summed E-state index contributed by atoms with van der Waals surface area (Å²) in [6, 6.07) is 6.66. The Morgan fingerprint density at radius 1 is 1.17 bits per heavy atom. The van der Waals surface area contributed by atoms with Crippen LogP contribution in [0.2, 0.25) is 0 Å². The number of nitrogens with zero attached hydrogens (tertiary/aromatic N) is 1. The third-order valence-electron chi connectivity index (χ3n) is 3.92. The van der Waals surface area contributed by atoms with Crippen LogP contribution >= 0.6 is 0 Å². The van der Waals surface area contributed by atoms with E-state index in [9.17, 15) is 18.0 Å². The largest absolute Gasteiger partial charge is 0.349 e. The van der Waals surface area contributed by atoms with Crippen LogP contribution in [0.25, 0.3) is 0 Å². The van der Waals surface area contributed by atoms with Gasteiger partial charge in [-0.05, 0) is 30.5 Å². The van der Waals surface area contributed by atoms with Crippen molar-refractivity contribution in [2.45, 2.75) is 31.6 Å². The molecule has 1 aliphatic heterocycles. The van der Waals surface area contributed by atoms with Crippen LogP contribution in [0.3, 0.4) is 0 Å². The summed E-state index contributed by atoms with van der Waals surface area (Å²) in [5.74, 6) is -0.133. The molecule has 0 spiro atoms. The van der Waals surface area contributed by atoms with E-state index in [-0.39, 0.29) is 23.6 Å². The van der Waals surface area contributed by atoms with Crippen molar-refractivity contribution in [3.63, 3.8) is 0 Å². The molecule has 1 aliphatic rings. The van der Waals surface area contributed by atoms with E-state index < -0.39 is 9.84 Å². The van der Waals surface area contributed by atoms with Gasteiger partial charge in [-0.25, -0.2) is 8.42 Å². The molecule has 0 radical (unpaired) electrons. The Morgan fingerprint density at radius 2 is 1.74 bits per heavy atom. The molecule has 0 unspecified atom stereocenters. The first-order valence-electron chi connectivity index (χ1n) is 7.57. The summed E-state index contributed by atoms with van der Waals surface area (Å²) in [6.45, 7) is 2.87. The number of likely N-dealkylation sites (tertiary alicyclic amines) is 1. The molecule has 2 rings (SSSR count). The van der Waals surface area contributed by atoms with Crippen LogP contribution in [-0.4, -0.2) is 50.5 Å². The molecule has 1 heterocycles. The Bertz CT molecular complexity index is 675. The lowest BCUT2D eigenvalue weighted by Crippen LogP contribution is -2.45. The fourth-order valence-electron chi connectivity index (χ4n) is 2.66. The zero-order valence-corrected chi connectivity index (χ0v) is 14.2. The lowest BCUT2D eigenvalue weighted by atomic mass is 10.0. The lowest BCUT2D eigenvalue weighted by Gasteiger charge is -2.31. The summed E-state index contributed by atoms with van der Waals surface area (Å²) in [5, 5.41) is 2.97. The second-order valence-corrected chi connectivity index (χ2v) is 8.16. The van der Waals surface area contributed by atoms with Gasteiger partial charge in [0.25, 0.3) is 5.91 Å². The average molecular weight is 338 g/mol. The van der Waals surface area contributed by atoms with Crippen LogP contribution in [0.4, 0.5) is 0 Å². The number of carbonyl (C=O) groups is 2. The van der Waals surface area contributed by atoms with Gasteiger partial charge in [0.1, 0.15) is 0 Å². The van der Waals surface area contributed by atoms with Crippen LogP contribution in [0.5, 0.6) is 0 Å². The molecule has 2 amide bonds. The molecule has 1 saturated heterocycles. The first-order valence-corrected chi connectivity index (χ1v) is 9.64. The second kappa shape index (κ2) is 7.12. The van der Waals surface area contributed by atoms with Gasteiger partial charge in [-0.15, -0.1) is 0 Å². The molecule has 0 aromatic heterocycles. The zero-order chi connectivity index (χ0) is 17.0. The van der Waals surface area contributed by atoms with Gasteiger partial charge in [-0.3, -0.25) is 9.59 Å². The second-order valence-electron chi connectivity index (χ2n) is 6.02. The molecule has 7 heteroatoms. The number of hydrogen-bond donors (Lipinski definition) is 1. The fraction of sp³-hybridized carbons (Fsp3) is 0.500. The highest BCUT2D eigenvalue weighted by Gasteiger charge is 2.22. The Hall–Kier alpha value is -1.89. The van der Waals surface area contributed by atoms with Crippen molar-refractivity contribution in [1.82, 2.24) is 10.2 Å². The van der Waals surface area contributed by atoms with Gasteiger partial charge in [0.2, 0.25) is 5.91 Å². The number of amides is 2. The maximum absolute atomic E-state index is 12.2. The number of piperidine rings is 1. The number of sulfone groups is 1. The van der Waals surface area contributed by atoms with Gasteiger partial charge < -0.3 is 10.2 Å². The maximum atomic E-state index is 12.2. The van der Waals surface area contributed by atoms with E-state index in [4.69, 9.17) is 0 Å². The van der Waals surface area contributed by atoms with E-state index in [1.807, 2.05) is 0 Å². The number of hydrogen-bond acceptors (Lipinski definition) is 4. The first-order chi connectivity index (χ1) is 10.7. The summed E-state index contributed by atoms with van der Waals surface area (Å²) >= 11 is 0. The maximum Gasteiger partial charge on any atom is 0.251 e. The summed E-state index contributed by atoms with van der Waals surface area (Å²) < 4.78 is 22.5. The smallest absolute Gasteiger partial charge is 0.251 e. The fourth-order valence-corrected chi connectivity index (χ4v) is 3.46. The Balaban J connectivity index is 1.90. The van der Waals surface area contributed by atoms with E-state index >= 15 is 0 Å². The summed E-state index contributed by atoms with van der Waals surface area (Å²) in [5.41, 5.74) is 1.18. The zero-order valence-electron chi connectivity index (χ0n) is 13.4. The molecule has 0 aliphatic carbocycles. The predicted octanol–water partition coefficient (Wildman–Crippen LogP) is 0.972. The quantitative estimate of drug-likeness (QED) is 0.887. The van der Waals surface area contributed by atoms with Gasteiger partial charge in [0.05, 0.1) is 5.75 Å². The monoisotopic (exact) mass is 338 g/mol. The van der Waals surface area contributed by atoms with Gasteiger partial charge in [-0.2, -0.15) is 0 Å². The molecule has 23 heavy (non-hydrogen) atoms. The molecule has 1 N–H and O–H groups in total. The molecule has 0 saturated carbocycles. The first kappa shape index (κ1) is 17.5. The van der Waals surface area contributed by atoms with E-state index in [2.05, 4.69) is 5.32 Å². The predicted molar refractivity (Wildman–Crippen MR) is 87.7 cm³/mol. The molecular formula is C16H22N2O4S. The third kappa shape index (κ3) is 5.35. The highest BCUT2D eigenvalue weighted by molar-refractivity contribution is 7.89. The van der Waals surface area contributed by atoms with Crippen molar-refractivity contribution in [3.8, 4) is 0 Å². The van der Waals surface area contributed by atoms with Gasteiger partial charge in [0, 0.05) is 37.9 Å². The Morgan fingerprint density at radius 3 is 2.22 bits per heavy atom. The molecule has 0 atom stereocenters. The van der Waals surface area contributed by atoms with E-state index in [0.29, 0.717) is 24.2 Å². The number of carbonyl (C=O) groups excluding carboxylic acids is 2. The van der Waals surface area contributed by atoms with Crippen molar-refractivity contribution >= 4 is 21.7 Å². The van der Waals surface area contributed by atoms with Crippen molar-refractivity contribution < 1.29 is 18.0 Å². The number of nitrogens with one attached hydrogen (secondary N) is 1. The van der Waals surface area contributed by atoms with E-state index in [1.165, 1.54) is 6.26 Å².